The third-order valence-corrected chi connectivity index (χ3v) is 4.74. The second kappa shape index (κ2) is 10.3. The molecule has 0 radical (unpaired) electrons. The molecule has 0 bridgehead atoms. The second-order valence-corrected chi connectivity index (χ2v) is 7.15. The third kappa shape index (κ3) is 6.77. The van der Waals surface area contributed by atoms with E-state index in [9.17, 15) is 9.59 Å². The Kier molecular flexibility index (Phi) is 8.06. The smallest absolute Gasteiger partial charge is 0.317 e. The van der Waals surface area contributed by atoms with Crippen molar-refractivity contribution in [3.05, 3.63) is 35.9 Å². The molecule has 2 unspecified atom stereocenters. The number of benzene rings is 1. The van der Waals surface area contributed by atoms with Gasteiger partial charge in [-0.25, -0.2) is 0 Å². The Balaban J connectivity index is 1.75. The molecule has 1 aliphatic rings. The fourth-order valence-electron chi connectivity index (χ4n) is 3.37. The molecular formula is C20H30N2O4. The van der Waals surface area contributed by atoms with Crippen LogP contribution in [0.1, 0.15) is 25.3 Å². The zero-order chi connectivity index (χ0) is 18.9. The zero-order valence-corrected chi connectivity index (χ0v) is 15.8. The number of amides is 1. The van der Waals surface area contributed by atoms with E-state index in [4.69, 9.17) is 9.84 Å². The number of hydrogen-bond acceptors (Lipinski definition) is 4. The maximum absolute atomic E-state index is 12.7. The summed E-state index contributed by atoms with van der Waals surface area (Å²) in [6.45, 7) is 4.14. The summed E-state index contributed by atoms with van der Waals surface area (Å²) in [6, 6.07) is 10.3. The minimum absolute atomic E-state index is 0.00536. The van der Waals surface area contributed by atoms with Crippen molar-refractivity contribution in [2.45, 2.75) is 32.3 Å². The van der Waals surface area contributed by atoms with E-state index in [1.54, 1.807) is 11.9 Å². The molecule has 6 nitrogen and oxygen atoms in total. The Morgan fingerprint density at radius 3 is 2.77 bits per heavy atom. The van der Waals surface area contributed by atoms with Crippen LogP contribution in [0, 0.1) is 5.92 Å². The number of carbonyl (C=O) groups excluding carboxylic acids is 1. The van der Waals surface area contributed by atoms with E-state index in [1.165, 1.54) is 5.56 Å². The molecule has 1 aliphatic heterocycles. The molecule has 0 aromatic heterocycles. The summed E-state index contributed by atoms with van der Waals surface area (Å²) >= 11 is 0. The van der Waals surface area contributed by atoms with E-state index in [2.05, 4.69) is 12.1 Å². The average Bonchev–Trinajstić information content (AvgIpc) is 2.61. The van der Waals surface area contributed by atoms with E-state index in [-0.39, 0.29) is 24.5 Å². The summed E-state index contributed by atoms with van der Waals surface area (Å²) < 4.78 is 5.70. The Labute approximate surface area is 155 Å². The lowest BCUT2D eigenvalue weighted by molar-refractivity contribution is -0.145. The van der Waals surface area contributed by atoms with Crippen LogP contribution in [-0.2, 0) is 20.7 Å². The molecule has 1 saturated heterocycles. The standard InChI is InChI=1S/C20H30N2O4/c1-16(7-6-10-17-8-4-3-5-9-17)20(25)22-11-12-26-18(14-22)13-21(2)15-19(23)24/h3-5,8-9,16,18H,6-7,10-15H2,1-2H3,(H,23,24). The molecule has 0 saturated carbocycles. The molecule has 1 heterocycles. The summed E-state index contributed by atoms with van der Waals surface area (Å²) in [7, 11) is 1.75. The number of carbonyl (C=O) groups is 2. The molecule has 2 atom stereocenters. The number of ether oxygens (including phenoxy) is 1. The van der Waals surface area contributed by atoms with Crippen molar-refractivity contribution >= 4 is 11.9 Å². The van der Waals surface area contributed by atoms with Gasteiger partial charge in [0.1, 0.15) is 0 Å². The van der Waals surface area contributed by atoms with Crippen molar-refractivity contribution < 1.29 is 19.4 Å². The quantitative estimate of drug-likeness (QED) is 0.726. The summed E-state index contributed by atoms with van der Waals surface area (Å²) in [5.41, 5.74) is 1.31. The average molecular weight is 362 g/mol. The second-order valence-electron chi connectivity index (χ2n) is 7.15. The van der Waals surface area contributed by atoms with Crippen LogP contribution in [0.2, 0.25) is 0 Å². The van der Waals surface area contributed by atoms with Gasteiger partial charge in [0.05, 0.1) is 19.3 Å². The van der Waals surface area contributed by atoms with Crippen LogP contribution in [0.4, 0.5) is 0 Å². The fraction of sp³-hybridized carbons (Fsp3) is 0.600. The van der Waals surface area contributed by atoms with Crippen molar-refractivity contribution in [2.24, 2.45) is 5.92 Å². The molecule has 1 amide bonds. The minimum Gasteiger partial charge on any atom is -0.480 e. The molecule has 1 N–H and O–H groups in total. The van der Waals surface area contributed by atoms with Gasteiger partial charge < -0.3 is 14.7 Å². The third-order valence-electron chi connectivity index (χ3n) is 4.74. The molecule has 0 aliphatic carbocycles. The Hall–Kier alpha value is -1.92. The molecule has 26 heavy (non-hydrogen) atoms. The van der Waals surface area contributed by atoms with Crippen molar-refractivity contribution in [3.63, 3.8) is 0 Å². The van der Waals surface area contributed by atoms with Crippen molar-refractivity contribution in [3.8, 4) is 0 Å². The highest BCUT2D eigenvalue weighted by molar-refractivity contribution is 5.78. The summed E-state index contributed by atoms with van der Waals surface area (Å²) in [5, 5.41) is 8.84. The van der Waals surface area contributed by atoms with Crippen LogP contribution in [0.5, 0.6) is 0 Å². The molecule has 0 spiro atoms. The monoisotopic (exact) mass is 362 g/mol. The Morgan fingerprint density at radius 1 is 1.35 bits per heavy atom. The topological polar surface area (TPSA) is 70.1 Å². The number of aliphatic carboxylic acids is 1. The van der Waals surface area contributed by atoms with Gasteiger partial charge in [0.25, 0.3) is 0 Å². The van der Waals surface area contributed by atoms with Gasteiger partial charge in [-0.3, -0.25) is 14.5 Å². The van der Waals surface area contributed by atoms with Crippen molar-refractivity contribution in [2.75, 3.05) is 39.8 Å². The van der Waals surface area contributed by atoms with Crippen LogP contribution in [0.25, 0.3) is 0 Å². The van der Waals surface area contributed by atoms with Crippen molar-refractivity contribution in [1.82, 2.24) is 9.80 Å². The molecule has 2 rings (SSSR count). The lowest BCUT2D eigenvalue weighted by Crippen LogP contribution is -2.50. The number of carboxylic acid groups (broad SMARTS) is 1. The lowest BCUT2D eigenvalue weighted by Gasteiger charge is -2.36. The van der Waals surface area contributed by atoms with Gasteiger partial charge in [-0.2, -0.15) is 0 Å². The Morgan fingerprint density at radius 2 is 2.08 bits per heavy atom. The highest BCUT2D eigenvalue weighted by Gasteiger charge is 2.28. The normalized spacial score (nSPS) is 18.7. The highest BCUT2D eigenvalue weighted by atomic mass is 16.5. The first-order valence-electron chi connectivity index (χ1n) is 9.30. The van der Waals surface area contributed by atoms with Gasteiger partial charge in [0.15, 0.2) is 0 Å². The lowest BCUT2D eigenvalue weighted by atomic mass is 9.99. The van der Waals surface area contributed by atoms with Crippen molar-refractivity contribution in [1.29, 1.82) is 0 Å². The van der Waals surface area contributed by atoms with Gasteiger partial charge in [0.2, 0.25) is 5.91 Å². The first kappa shape index (κ1) is 20.4. The van der Waals surface area contributed by atoms with Crippen LogP contribution < -0.4 is 0 Å². The number of likely N-dealkylation sites (N-methyl/N-ethyl adjacent to an activating group) is 1. The molecule has 1 aromatic carbocycles. The fourth-order valence-corrected chi connectivity index (χ4v) is 3.37. The zero-order valence-electron chi connectivity index (χ0n) is 15.8. The van der Waals surface area contributed by atoms with Gasteiger partial charge >= 0.3 is 5.97 Å². The van der Waals surface area contributed by atoms with Crippen LogP contribution in [0.15, 0.2) is 30.3 Å². The van der Waals surface area contributed by atoms with Gasteiger partial charge in [0, 0.05) is 25.6 Å². The summed E-state index contributed by atoms with van der Waals surface area (Å²) in [5.74, 6) is -0.690. The highest BCUT2D eigenvalue weighted by Crippen LogP contribution is 2.16. The SMILES string of the molecule is CC(CCCc1ccccc1)C(=O)N1CCOC(CN(C)CC(=O)O)C1. The number of morpholine rings is 1. The van der Waals surface area contributed by atoms with E-state index >= 15 is 0 Å². The van der Waals surface area contributed by atoms with E-state index in [0.29, 0.717) is 26.2 Å². The van der Waals surface area contributed by atoms with Gasteiger partial charge in [-0.1, -0.05) is 37.3 Å². The molecular weight excluding hydrogens is 332 g/mol. The van der Waals surface area contributed by atoms with Gasteiger partial charge in [-0.05, 0) is 31.9 Å². The van der Waals surface area contributed by atoms with E-state index in [0.717, 1.165) is 19.3 Å². The maximum Gasteiger partial charge on any atom is 0.317 e. The number of carboxylic acids is 1. The number of aryl methyl sites for hydroxylation is 1. The van der Waals surface area contributed by atoms with Gasteiger partial charge in [-0.15, -0.1) is 0 Å². The van der Waals surface area contributed by atoms with E-state index < -0.39 is 5.97 Å². The molecule has 144 valence electrons. The predicted octanol–water partition coefficient (Wildman–Crippen LogP) is 1.89. The Bertz CT molecular complexity index is 578. The maximum atomic E-state index is 12.7. The molecule has 1 fully saturated rings. The number of nitrogens with zero attached hydrogens (tertiary/aromatic N) is 2. The summed E-state index contributed by atoms with van der Waals surface area (Å²) in [6.07, 6.45) is 2.72. The largest absolute Gasteiger partial charge is 0.480 e. The van der Waals surface area contributed by atoms with Crippen LogP contribution >= 0.6 is 0 Å². The predicted molar refractivity (Wildman–Crippen MR) is 100.0 cm³/mol. The summed E-state index contributed by atoms with van der Waals surface area (Å²) in [4.78, 5) is 27.1. The first-order valence-corrected chi connectivity index (χ1v) is 9.30. The van der Waals surface area contributed by atoms with Crippen LogP contribution in [-0.4, -0.2) is 72.7 Å². The molecule has 6 heteroatoms. The van der Waals surface area contributed by atoms with E-state index in [1.807, 2.05) is 30.0 Å². The van der Waals surface area contributed by atoms with Crippen LogP contribution in [0.3, 0.4) is 0 Å². The molecule has 1 aromatic rings. The number of rotatable bonds is 9. The first-order chi connectivity index (χ1) is 12.5. The number of hydrogen-bond donors (Lipinski definition) is 1. The minimum atomic E-state index is -0.858.